The van der Waals surface area contributed by atoms with E-state index in [0.29, 0.717) is 11.8 Å². The number of ether oxygens (including phenoxy) is 1. The number of halogens is 6. The Hall–Kier alpha value is -3.43. The molecule has 37 heavy (non-hydrogen) atoms. The molecule has 0 radical (unpaired) electrons. The van der Waals surface area contributed by atoms with Gasteiger partial charge in [-0.15, -0.1) is 0 Å². The van der Waals surface area contributed by atoms with Crippen molar-refractivity contribution >= 4 is 23.0 Å². The molecule has 3 rings (SSSR count). The van der Waals surface area contributed by atoms with E-state index < -0.39 is 42.2 Å². The average Bonchev–Trinajstić information content (AvgIpc) is 3.35. The first-order chi connectivity index (χ1) is 17.3. The minimum absolute atomic E-state index is 0.0937. The zero-order valence-electron chi connectivity index (χ0n) is 19.2. The Labute approximate surface area is 212 Å². The maximum atomic E-state index is 14.7. The summed E-state index contributed by atoms with van der Waals surface area (Å²) in [5.41, 5.74) is -2.02. The molecule has 8 nitrogen and oxygen atoms in total. The van der Waals surface area contributed by atoms with E-state index in [1.165, 1.54) is 48.5 Å². The van der Waals surface area contributed by atoms with Gasteiger partial charge in [0.15, 0.2) is 11.7 Å². The standard InChI is InChI=1S/C22H22F6N6O2S/c1-13(21(35,9-33-12-30-11-31-33)17-7-2-14(23)8-18(17)24)34(29)20(37)32-15-3-5-16(6-4-15)36-10-22(27,28)19(25)26/h2-8,11-13,19,35H,9-10,29H2,1H3,(H,32,37)/t13-,21-/m1/s1. The van der Waals surface area contributed by atoms with Gasteiger partial charge in [0.05, 0.1) is 12.6 Å². The molecule has 0 spiro atoms. The SMILES string of the molecule is C[C@@H](N(N)C(=S)Nc1ccc(OCC(F)(F)C(F)F)cc1)[C@](O)(Cn1cncn1)c1ccc(F)cc1F. The minimum atomic E-state index is -4.30. The molecule has 0 aliphatic rings. The van der Waals surface area contributed by atoms with E-state index in [9.17, 15) is 31.4 Å². The third-order valence-electron chi connectivity index (χ3n) is 5.47. The molecule has 4 N–H and O–H groups in total. The smallest absolute Gasteiger partial charge is 0.340 e. The van der Waals surface area contributed by atoms with Crippen LogP contribution >= 0.6 is 12.2 Å². The number of benzene rings is 2. The topological polar surface area (TPSA) is 101 Å². The highest BCUT2D eigenvalue weighted by atomic mass is 32.1. The minimum Gasteiger partial charge on any atom is -0.487 e. The molecule has 3 aromatic rings. The summed E-state index contributed by atoms with van der Waals surface area (Å²) in [5, 5.41) is 19.1. The highest BCUT2D eigenvalue weighted by Gasteiger charge is 2.43. The largest absolute Gasteiger partial charge is 0.487 e. The van der Waals surface area contributed by atoms with Crippen molar-refractivity contribution in [3.05, 3.63) is 72.3 Å². The predicted molar refractivity (Wildman–Crippen MR) is 125 cm³/mol. The third-order valence-corrected chi connectivity index (χ3v) is 5.78. The summed E-state index contributed by atoms with van der Waals surface area (Å²) in [5.74, 6) is -0.116. The molecule has 0 saturated heterocycles. The summed E-state index contributed by atoms with van der Waals surface area (Å²) in [7, 11) is 0. The quantitative estimate of drug-likeness (QED) is 0.153. The number of anilines is 1. The Morgan fingerprint density at radius 3 is 2.46 bits per heavy atom. The second-order valence-corrected chi connectivity index (χ2v) is 8.42. The van der Waals surface area contributed by atoms with Crippen molar-refractivity contribution in [1.29, 1.82) is 0 Å². The molecule has 0 unspecified atom stereocenters. The fourth-order valence-corrected chi connectivity index (χ4v) is 3.59. The number of hydrogen-bond acceptors (Lipinski definition) is 6. The Balaban J connectivity index is 1.75. The van der Waals surface area contributed by atoms with Gasteiger partial charge in [0.25, 0.3) is 0 Å². The van der Waals surface area contributed by atoms with Gasteiger partial charge in [-0.25, -0.2) is 33.1 Å². The van der Waals surface area contributed by atoms with Crippen LogP contribution in [0.5, 0.6) is 5.75 Å². The van der Waals surface area contributed by atoms with Crippen LogP contribution in [-0.4, -0.2) is 55.0 Å². The monoisotopic (exact) mass is 548 g/mol. The van der Waals surface area contributed by atoms with Crippen molar-refractivity contribution in [2.75, 3.05) is 11.9 Å². The van der Waals surface area contributed by atoms with Crippen LogP contribution in [0.4, 0.5) is 32.0 Å². The van der Waals surface area contributed by atoms with Crippen LogP contribution in [0, 0.1) is 11.6 Å². The summed E-state index contributed by atoms with van der Waals surface area (Å²) in [4.78, 5) is 3.79. The highest BCUT2D eigenvalue weighted by Crippen LogP contribution is 2.32. The molecule has 0 bridgehead atoms. The van der Waals surface area contributed by atoms with Gasteiger partial charge in [-0.1, -0.05) is 6.07 Å². The first kappa shape index (κ1) is 28.1. The maximum Gasteiger partial charge on any atom is 0.340 e. The van der Waals surface area contributed by atoms with E-state index in [4.69, 9.17) is 22.8 Å². The van der Waals surface area contributed by atoms with Crippen LogP contribution in [0.25, 0.3) is 0 Å². The van der Waals surface area contributed by atoms with Gasteiger partial charge in [-0.2, -0.15) is 13.9 Å². The summed E-state index contributed by atoms with van der Waals surface area (Å²) >= 11 is 5.29. The molecule has 0 aliphatic carbocycles. The highest BCUT2D eigenvalue weighted by molar-refractivity contribution is 7.80. The van der Waals surface area contributed by atoms with Crippen molar-refractivity contribution < 1.29 is 36.2 Å². The molecule has 1 heterocycles. The Bertz CT molecular complexity index is 1200. The Morgan fingerprint density at radius 2 is 1.89 bits per heavy atom. The van der Waals surface area contributed by atoms with Gasteiger partial charge < -0.3 is 15.2 Å². The number of nitrogens with two attached hydrogens (primary N) is 1. The van der Waals surface area contributed by atoms with E-state index >= 15 is 0 Å². The number of alkyl halides is 4. The van der Waals surface area contributed by atoms with Gasteiger partial charge in [0.1, 0.15) is 35.6 Å². The zero-order chi connectivity index (χ0) is 27.4. The number of rotatable bonds is 10. The third kappa shape index (κ3) is 6.67. The number of nitrogens with one attached hydrogen (secondary N) is 1. The molecule has 15 heteroatoms. The molecule has 0 aliphatic heterocycles. The molecule has 2 aromatic carbocycles. The van der Waals surface area contributed by atoms with Gasteiger partial charge in [0.2, 0.25) is 0 Å². The van der Waals surface area contributed by atoms with Crippen LogP contribution in [0.2, 0.25) is 0 Å². The first-order valence-electron chi connectivity index (χ1n) is 10.6. The molecular weight excluding hydrogens is 526 g/mol. The van der Waals surface area contributed by atoms with Crippen molar-refractivity contribution in [3.8, 4) is 5.75 Å². The number of aliphatic hydroxyl groups is 1. The lowest BCUT2D eigenvalue weighted by atomic mass is 9.86. The van der Waals surface area contributed by atoms with Crippen LogP contribution < -0.4 is 15.9 Å². The maximum absolute atomic E-state index is 14.7. The lowest BCUT2D eigenvalue weighted by Gasteiger charge is -2.40. The van der Waals surface area contributed by atoms with Crippen LogP contribution in [0.1, 0.15) is 12.5 Å². The number of hydrazine groups is 1. The van der Waals surface area contributed by atoms with Crippen molar-refractivity contribution in [2.45, 2.75) is 37.5 Å². The molecule has 0 saturated carbocycles. The molecular formula is C22H22F6N6O2S. The summed E-state index contributed by atoms with van der Waals surface area (Å²) < 4.78 is 84.8. The molecule has 1 aromatic heterocycles. The summed E-state index contributed by atoms with van der Waals surface area (Å²) in [6.45, 7) is -0.371. The Morgan fingerprint density at radius 1 is 1.22 bits per heavy atom. The number of nitrogens with zero attached hydrogens (tertiary/aromatic N) is 4. The fraction of sp³-hybridized carbons (Fsp3) is 0.318. The van der Waals surface area contributed by atoms with Gasteiger partial charge >= 0.3 is 12.3 Å². The molecule has 0 fully saturated rings. The van der Waals surface area contributed by atoms with Crippen molar-refractivity contribution in [3.63, 3.8) is 0 Å². The van der Waals surface area contributed by atoms with E-state index in [1.54, 1.807) is 0 Å². The zero-order valence-corrected chi connectivity index (χ0v) is 20.0. The van der Waals surface area contributed by atoms with Crippen LogP contribution in [0.3, 0.4) is 0 Å². The summed E-state index contributed by atoms with van der Waals surface area (Å²) in [6, 6.07) is 6.78. The molecule has 200 valence electrons. The van der Waals surface area contributed by atoms with Crippen molar-refractivity contribution in [2.24, 2.45) is 5.84 Å². The van der Waals surface area contributed by atoms with E-state index in [-0.39, 0.29) is 23.0 Å². The normalized spacial score (nSPS) is 14.2. The van der Waals surface area contributed by atoms with Gasteiger partial charge in [0, 0.05) is 17.3 Å². The van der Waals surface area contributed by atoms with Crippen LogP contribution in [0.15, 0.2) is 55.1 Å². The number of hydrogen-bond donors (Lipinski definition) is 3. The molecule has 0 amide bonds. The first-order valence-corrected chi connectivity index (χ1v) is 11.0. The second-order valence-electron chi connectivity index (χ2n) is 8.03. The second kappa shape index (κ2) is 11.3. The lowest BCUT2D eigenvalue weighted by Crippen LogP contribution is -2.57. The number of aromatic nitrogens is 3. The summed E-state index contributed by atoms with van der Waals surface area (Å²) in [6.07, 6.45) is -1.37. The van der Waals surface area contributed by atoms with E-state index in [2.05, 4.69) is 15.4 Å². The molecule has 2 atom stereocenters. The van der Waals surface area contributed by atoms with Gasteiger partial charge in [-0.3, -0.25) is 5.01 Å². The average molecular weight is 549 g/mol. The van der Waals surface area contributed by atoms with E-state index in [1.807, 2.05) is 0 Å². The number of thiocarbonyl (C=S) groups is 1. The van der Waals surface area contributed by atoms with Crippen LogP contribution in [-0.2, 0) is 12.1 Å². The fourth-order valence-electron chi connectivity index (χ4n) is 3.32. The van der Waals surface area contributed by atoms with Crippen molar-refractivity contribution in [1.82, 2.24) is 19.8 Å². The lowest BCUT2D eigenvalue weighted by molar-refractivity contribution is -0.148. The van der Waals surface area contributed by atoms with E-state index in [0.717, 1.165) is 17.1 Å². The Kier molecular flexibility index (Phi) is 8.60. The van der Waals surface area contributed by atoms with Gasteiger partial charge in [-0.05, 0) is 49.5 Å². The predicted octanol–water partition coefficient (Wildman–Crippen LogP) is 3.68.